The fraction of sp³-hybridized carbons (Fsp3) is 0.647. The van der Waals surface area contributed by atoms with Crippen molar-refractivity contribution in [2.75, 3.05) is 13.7 Å². The van der Waals surface area contributed by atoms with Gasteiger partial charge >= 0.3 is 0 Å². The molecule has 0 heterocycles. The first-order valence-corrected chi connectivity index (χ1v) is 7.72. The molecule has 0 spiro atoms. The number of nitrogens with zero attached hydrogens (tertiary/aromatic N) is 1. The Morgan fingerprint density at radius 1 is 1.05 bits per heavy atom. The van der Waals surface area contributed by atoms with Crippen molar-refractivity contribution in [3.8, 4) is 5.75 Å². The Morgan fingerprint density at radius 3 is 2.32 bits per heavy atom. The third kappa shape index (κ3) is 3.50. The molecule has 0 aliphatic heterocycles. The van der Waals surface area contributed by atoms with E-state index in [9.17, 15) is 0 Å². The minimum Gasteiger partial charge on any atom is -0.497 e. The Labute approximate surface area is 116 Å². The topological polar surface area (TPSA) is 12.5 Å². The SMILES string of the molecule is COc1ccc(CN(CC2CCCC2)C2CC2)cc1. The van der Waals surface area contributed by atoms with Gasteiger partial charge in [-0.25, -0.2) is 0 Å². The van der Waals surface area contributed by atoms with E-state index >= 15 is 0 Å². The average Bonchev–Trinajstić information content (AvgIpc) is 3.17. The molecule has 1 aromatic carbocycles. The summed E-state index contributed by atoms with van der Waals surface area (Å²) in [5.74, 6) is 1.91. The molecule has 2 nitrogen and oxygen atoms in total. The van der Waals surface area contributed by atoms with Gasteiger partial charge in [-0.1, -0.05) is 25.0 Å². The van der Waals surface area contributed by atoms with Crippen LogP contribution in [-0.2, 0) is 6.54 Å². The van der Waals surface area contributed by atoms with Crippen LogP contribution in [0.5, 0.6) is 5.75 Å². The van der Waals surface area contributed by atoms with E-state index in [0.29, 0.717) is 0 Å². The van der Waals surface area contributed by atoms with Crippen molar-refractivity contribution >= 4 is 0 Å². The van der Waals surface area contributed by atoms with Gasteiger partial charge < -0.3 is 4.74 Å². The maximum Gasteiger partial charge on any atom is 0.118 e. The number of methoxy groups -OCH3 is 1. The van der Waals surface area contributed by atoms with Gasteiger partial charge in [0.2, 0.25) is 0 Å². The molecule has 0 amide bonds. The molecule has 2 heteroatoms. The van der Waals surface area contributed by atoms with E-state index < -0.39 is 0 Å². The van der Waals surface area contributed by atoms with E-state index in [1.807, 2.05) is 0 Å². The molecule has 0 N–H and O–H groups in total. The Balaban J connectivity index is 1.59. The van der Waals surface area contributed by atoms with Gasteiger partial charge in [0.1, 0.15) is 5.75 Å². The molecule has 104 valence electrons. The molecule has 2 aliphatic rings. The first-order valence-electron chi connectivity index (χ1n) is 7.72. The Hall–Kier alpha value is -1.02. The van der Waals surface area contributed by atoms with E-state index in [0.717, 1.165) is 24.3 Å². The van der Waals surface area contributed by atoms with Crippen molar-refractivity contribution in [2.45, 2.75) is 51.1 Å². The van der Waals surface area contributed by atoms with Gasteiger partial charge in [0.15, 0.2) is 0 Å². The number of rotatable bonds is 6. The summed E-state index contributed by atoms with van der Waals surface area (Å²) in [6.07, 6.45) is 8.61. The fourth-order valence-electron chi connectivity index (χ4n) is 3.27. The number of hydrogen-bond acceptors (Lipinski definition) is 2. The van der Waals surface area contributed by atoms with E-state index in [-0.39, 0.29) is 0 Å². The molecule has 0 atom stereocenters. The number of ether oxygens (including phenoxy) is 1. The summed E-state index contributed by atoms with van der Waals surface area (Å²) in [4.78, 5) is 2.72. The second-order valence-corrected chi connectivity index (χ2v) is 6.16. The van der Waals surface area contributed by atoms with Crippen LogP contribution in [0, 0.1) is 5.92 Å². The van der Waals surface area contributed by atoms with Crippen LogP contribution in [0.4, 0.5) is 0 Å². The van der Waals surface area contributed by atoms with Crippen LogP contribution in [0.1, 0.15) is 44.1 Å². The first-order chi connectivity index (χ1) is 9.35. The molecule has 2 fully saturated rings. The monoisotopic (exact) mass is 259 g/mol. The van der Waals surface area contributed by atoms with Gasteiger partial charge in [-0.2, -0.15) is 0 Å². The second-order valence-electron chi connectivity index (χ2n) is 6.16. The Kier molecular flexibility index (Phi) is 4.07. The number of hydrogen-bond donors (Lipinski definition) is 0. The largest absolute Gasteiger partial charge is 0.497 e. The molecule has 0 unspecified atom stereocenters. The summed E-state index contributed by atoms with van der Waals surface area (Å²) in [7, 11) is 1.73. The first kappa shape index (κ1) is 13.0. The van der Waals surface area contributed by atoms with Crippen LogP contribution in [0.3, 0.4) is 0 Å². The van der Waals surface area contributed by atoms with Gasteiger partial charge in [0.05, 0.1) is 7.11 Å². The van der Waals surface area contributed by atoms with Gasteiger partial charge in [-0.15, -0.1) is 0 Å². The van der Waals surface area contributed by atoms with Crippen LogP contribution in [0.2, 0.25) is 0 Å². The number of benzene rings is 1. The van der Waals surface area contributed by atoms with Crippen LogP contribution < -0.4 is 4.74 Å². The summed E-state index contributed by atoms with van der Waals surface area (Å²) in [6, 6.07) is 9.44. The van der Waals surface area contributed by atoms with Crippen molar-refractivity contribution in [2.24, 2.45) is 5.92 Å². The minimum absolute atomic E-state index is 0.864. The van der Waals surface area contributed by atoms with Crippen LogP contribution in [-0.4, -0.2) is 24.6 Å². The van der Waals surface area contributed by atoms with Crippen molar-refractivity contribution in [3.05, 3.63) is 29.8 Å². The van der Waals surface area contributed by atoms with Gasteiger partial charge in [0.25, 0.3) is 0 Å². The highest BCUT2D eigenvalue weighted by molar-refractivity contribution is 5.27. The lowest BCUT2D eigenvalue weighted by Crippen LogP contribution is -2.30. The molecule has 0 bridgehead atoms. The van der Waals surface area contributed by atoms with Crippen molar-refractivity contribution < 1.29 is 4.74 Å². The Morgan fingerprint density at radius 2 is 1.74 bits per heavy atom. The molecule has 2 saturated carbocycles. The van der Waals surface area contributed by atoms with E-state index in [1.54, 1.807) is 7.11 Å². The van der Waals surface area contributed by atoms with Crippen molar-refractivity contribution in [1.29, 1.82) is 0 Å². The molecule has 19 heavy (non-hydrogen) atoms. The fourth-order valence-corrected chi connectivity index (χ4v) is 3.27. The van der Waals surface area contributed by atoms with E-state index in [1.165, 1.54) is 50.6 Å². The zero-order valence-electron chi connectivity index (χ0n) is 12.0. The van der Waals surface area contributed by atoms with Gasteiger partial charge in [-0.3, -0.25) is 4.90 Å². The third-order valence-electron chi connectivity index (χ3n) is 4.58. The zero-order valence-corrected chi connectivity index (χ0v) is 12.0. The quantitative estimate of drug-likeness (QED) is 0.769. The lowest BCUT2D eigenvalue weighted by atomic mass is 10.1. The van der Waals surface area contributed by atoms with Crippen LogP contribution in [0.15, 0.2) is 24.3 Å². The minimum atomic E-state index is 0.864. The highest BCUT2D eigenvalue weighted by atomic mass is 16.5. The van der Waals surface area contributed by atoms with Crippen LogP contribution in [0.25, 0.3) is 0 Å². The maximum absolute atomic E-state index is 5.23. The molecular formula is C17H25NO. The summed E-state index contributed by atoms with van der Waals surface area (Å²) in [5.41, 5.74) is 1.42. The smallest absolute Gasteiger partial charge is 0.118 e. The normalized spacial score (nSPS) is 20.1. The van der Waals surface area contributed by atoms with Gasteiger partial charge in [-0.05, 0) is 49.3 Å². The summed E-state index contributed by atoms with van der Waals surface area (Å²) < 4.78 is 5.23. The molecule has 3 rings (SSSR count). The standard InChI is InChI=1S/C17H25NO/c1-19-17-10-6-15(7-11-17)13-18(16-8-9-16)12-14-4-2-3-5-14/h6-7,10-11,14,16H,2-5,8-9,12-13H2,1H3. The average molecular weight is 259 g/mol. The molecule has 0 saturated heterocycles. The summed E-state index contributed by atoms with van der Waals surface area (Å²) >= 11 is 0. The molecule has 2 aliphatic carbocycles. The lowest BCUT2D eigenvalue weighted by molar-refractivity contribution is 0.214. The maximum atomic E-state index is 5.23. The second kappa shape index (κ2) is 5.96. The lowest BCUT2D eigenvalue weighted by Gasteiger charge is -2.25. The van der Waals surface area contributed by atoms with Crippen molar-refractivity contribution in [3.63, 3.8) is 0 Å². The van der Waals surface area contributed by atoms with E-state index in [2.05, 4.69) is 29.2 Å². The predicted octanol–water partition coefficient (Wildman–Crippen LogP) is 3.85. The third-order valence-corrected chi connectivity index (χ3v) is 4.58. The highest BCUT2D eigenvalue weighted by Gasteiger charge is 2.31. The summed E-state index contributed by atoms with van der Waals surface area (Å²) in [6.45, 7) is 2.43. The molecule has 0 aromatic heterocycles. The summed E-state index contributed by atoms with van der Waals surface area (Å²) in [5, 5.41) is 0. The Bertz CT molecular complexity index is 390. The molecular weight excluding hydrogens is 234 g/mol. The van der Waals surface area contributed by atoms with E-state index in [4.69, 9.17) is 4.74 Å². The zero-order chi connectivity index (χ0) is 13.1. The molecule has 0 radical (unpaired) electrons. The van der Waals surface area contributed by atoms with Crippen LogP contribution >= 0.6 is 0 Å². The highest BCUT2D eigenvalue weighted by Crippen LogP contribution is 2.33. The molecule has 1 aromatic rings. The predicted molar refractivity (Wildman–Crippen MR) is 78.4 cm³/mol. The van der Waals surface area contributed by atoms with Gasteiger partial charge in [0, 0.05) is 19.1 Å². The van der Waals surface area contributed by atoms with Crippen molar-refractivity contribution in [1.82, 2.24) is 4.90 Å².